The molecular weight excluding hydrogens is 322 g/mol. The second kappa shape index (κ2) is 6.08. The summed E-state index contributed by atoms with van der Waals surface area (Å²) in [4.78, 5) is 22.1. The summed E-state index contributed by atoms with van der Waals surface area (Å²) < 4.78 is 3.67. The third-order valence-corrected chi connectivity index (χ3v) is 4.42. The van der Waals surface area contributed by atoms with E-state index in [4.69, 9.17) is 0 Å². The minimum Gasteiger partial charge on any atom is -0.480 e. The van der Waals surface area contributed by atoms with Gasteiger partial charge in [-0.2, -0.15) is 4.98 Å². The molecule has 3 aromatic heterocycles. The normalized spacial score (nSPS) is 17.3. The van der Waals surface area contributed by atoms with Gasteiger partial charge in [0.15, 0.2) is 5.82 Å². The van der Waals surface area contributed by atoms with E-state index in [0.29, 0.717) is 30.5 Å². The zero-order valence-corrected chi connectivity index (χ0v) is 13.8. The highest BCUT2D eigenvalue weighted by Crippen LogP contribution is 2.26. The van der Waals surface area contributed by atoms with Crippen molar-refractivity contribution in [1.82, 2.24) is 24.1 Å². The molecule has 4 rings (SSSR count). The number of aliphatic carboxylic acids is 1. The predicted octanol–water partition coefficient (Wildman–Crippen LogP) is 1.74. The second-order valence-electron chi connectivity index (χ2n) is 6.00. The topological polar surface area (TPSA) is 101 Å². The van der Waals surface area contributed by atoms with Crippen molar-refractivity contribution in [3.05, 3.63) is 30.9 Å². The highest BCUT2D eigenvalue weighted by Gasteiger charge is 2.33. The van der Waals surface area contributed by atoms with E-state index in [1.165, 1.54) is 0 Å². The van der Waals surface area contributed by atoms with Gasteiger partial charge in [-0.1, -0.05) is 0 Å². The van der Waals surface area contributed by atoms with Crippen LogP contribution in [0.3, 0.4) is 0 Å². The molecule has 0 aromatic carbocycles. The molecule has 9 nitrogen and oxygen atoms in total. The molecule has 1 saturated heterocycles. The monoisotopic (exact) mass is 341 g/mol. The molecule has 1 aliphatic rings. The van der Waals surface area contributed by atoms with E-state index in [-0.39, 0.29) is 0 Å². The Labute approximate surface area is 143 Å². The molecule has 9 heteroatoms. The molecule has 130 valence electrons. The van der Waals surface area contributed by atoms with Crippen LogP contribution in [0.15, 0.2) is 30.9 Å². The summed E-state index contributed by atoms with van der Waals surface area (Å²) in [5.74, 6) is 0.856. The summed E-state index contributed by atoms with van der Waals surface area (Å²) in [5, 5.41) is 17.1. The molecule has 0 spiro atoms. The van der Waals surface area contributed by atoms with Crippen LogP contribution in [0.25, 0.3) is 5.52 Å². The number of nitrogens with one attached hydrogen (secondary N) is 1. The summed E-state index contributed by atoms with van der Waals surface area (Å²) in [6.07, 6.45) is 6.89. The van der Waals surface area contributed by atoms with Crippen LogP contribution in [0.4, 0.5) is 17.6 Å². The van der Waals surface area contributed by atoms with E-state index in [2.05, 4.69) is 20.4 Å². The molecule has 1 unspecified atom stereocenters. The van der Waals surface area contributed by atoms with Gasteiger partial charge in [0.1, 0.15) is 17.4 Å². The lowest BCUT2D eigenvalue weighted by molar-refractivity contribution is -0.138. The average molecular weight is 341 g/mol. The number of aromatic nitrogens is 5. The van der Waals surface area contributed by atoms with E-state index < -0.39 is 12.0 Å². The maximum absolute atomic E-state index is 11.5. The van der Waals surface area contributed by atoms with E-state index in [1.54, 1.807) is 15.7 Å². The number of nitrogens with zero attached hydrogens (tertiary/aromatic N) is 6. The largest absolute Gasteiger partial charge is 0.480 e. The van der Waals surface area contributed by atoms with Crippen molar-refractivity contribution < 1.29 is 9.90 Å². The number of aryl methyl sites for hydroxylation is 1. The molecule has 0 saturated carbocycles. The Morgan fingerprint density at radius 3 is 3.12 bits per heavy atom. The predicted molar refractivity (Wildman–Crippen MR) is 92.2 cm³/mol. The first-order valence-corrected chi connectivity index (χ1v) is 8.29. The molecule has 25 heavy (non-hydrogen) atoms. The van der Waals surface area contributed by atoms with Crippen LogP contribution in [0, 0.1) is 0 Å². The zero-order valence-electron chi connectivity index (χ0n) is 13.8. The lowest BCUT2D eigenvalue weighted by Gasteiger charge is -2.22. The van der Waals surface area contributed by atoms with Crippen molar-refractivity contribution in [1.29, 1.82) is 0 Å². The fourth-order valence-corrected chi connectivity index (χ4v) is 3.12. The summed E-state index contributed by atoms with van der Waals surface area (Å²) >= 11 is 0. The summed E-state index contributed by atoms with van der Waals surface area (Å²) in [7, 11) is 0. The fourth-order valence-electron chi connectivity index (χ4n) is 3.12. The first-order valence-electron chi connectivity index (χ1n) is 8.29. The van der Waals surface area contributed by atoms with Crippen LogP contribution in [0.5, 0.6) is 0 Å². The molecule has 1 fully saturated rings. The molecule has 0 amide bonds. The molecule has 4 heterocycles. The molecule has 1 atom stereocenters. The number of rotatable bonds is 5. The lowest BCUT2D eigenvalue weighted by atomic mass is 10.2. The van der Waals surface area contributed by atoms with Gasteiger partial charge < -0.3 is 19.9 Å². The zero-order chi connectivity index (χ0) is 17.4. The molecule has 2 N–H and O–H groups in total. The maximum Gasteiger partial charge on any atom is 0.326 e. The Balaban J connectivity index is 1.73. The number of carbonyl (C=O) groups is 1. The van der Waals surface area contributed by atoms with E-state index in [1.807, 2.05) is 36.0 Å². The number of imidazole rings is 1. The van der Waals surface area contributed by atoms with Crippen molar-refractivity contribution in [3.8, 4) is 0 Å². The van der Waals surface area contributed by atoms with E-state index in [9.17, 15) is 9.90 Å². The first-order chi connectivity index (χ1) is 12.2. The third kappa shape index (κ3) is 2.77. The summed E-state index contributed by atoms with van der Waals surface area (Å²) in [6.45, 7) is 3.50. The number of fused-ring (bicyclic) bond motifs is 1. The van der Waals surface area contributed by atoms with Gasteiger partial charge in [-0.15, -0.1) is 5.10 Å². The molecule has 0 radical (unpaired) electrons. The average Bonchev–Trinajstić information content (AvgIpc) is 3.34. The van der Waals surface area contributed by atoms with Crippen LogP contribution < -0.4 is 10.2 Å². The SMILES string of the molecule is CCn1cnc(Nc2nc(N3CCCC3C(=O)O)nn3cccc23)c1. The van der Waals surface area contributed by atoms with Gasteiger partial charge in [0.05, 0.1) is 6.33 Å². The molecule has 1 aliphatic heterocycles. The Hall–Kier alpha value is -3.10. The highest BCUT2D eigenvalue weighted by atomic mass is 16.4. The minimum absolute atomic E-state index is 0.408. The van der Waals surface area contributed by atoms with Crippen LogP contribution >= 0.6 is 0 Å². The second-order valence-corrected chi connectivity index (χ2v) is 6.00. The Kier molecular flexibility index (Phi) is 3.75. The van der Waals surface area contributed by atoms with E-state index >= 15 is 0 Å². The summed E-state index contributed by atoms with van der Waals surface area (Å²) in [5.41, 5.74) is 0.806. The first kappa shape index (κ1) is 15.4. The van der Waals surface area contributed by atoms with Crippen molar-refractivity contribution in [2.45, 2.75) is 32.4 Å². The lowest BCUT2D eigenvalue weighted by Crippen LogP contribution is -2.37. The Morgan fingerprint density at radius 1 is 1.48 bits per heavy atom. The van der Waals surface area contributed by atoms with Crippen LogP contribution in [0.1, 0.15) is 19.8 Å². The van der Waals surface area contributed by atoms with Crippen LogP contribution in [-0.4, -0.2) is 47.8 Å². The van der Waals surface area contributed by atoms with Crippen LogP contribution in [0.2, 0.25) is 0 Å². The van der Waals surface area contributed by atoms with Gasteiger partial charge in [-0.05, 0) is 31.9 Å². The van der Waals surface area contributed by atoms with Crippen molar-refractivity contribution in [2.75, 3.05) is 16.8 Å². The fraction of sp³-hybridized carbons (Fsp3) is 0.375. The number of carboxylic acid groups (broad SMARTS) is 1. The van der Waals surface area contributed by atoms with Gasteiger partial charge in [-0.25, -0.2) is 14.3 Å². The number of hydrogen-bond acceptors (Lipinski definition) is 6. The van der Waals surface area contributed by atoms with E-state index in [0.717, 1.165) is 18.5 Å². The molecule has 3 aromatic rings. The highest BCUT2D eigenvalue weighted by molar-refractivity contribution is 5.79. The number of anilines is 3. The van der Waals surface area contributed by atoms with Crippen LogP contribution in [-0.2, 0) is 11.3 Å². The van der Waals surface area contributed by atoms with Gasteiger partial charge in [-0.3, -0.25) is 0 Å². The van der Waals surface area contributed by atoms with Crippen molar-refractivity contribution in [2.24, 2.45) is 0 Å². The summed E-state index contributed by atoms with van der Waals surface area (Å²) in [6, 6.07) is 3.20. The quantitative estimate of drug-likeness (QED) is 0.729. The third-order valence-electron chi connectivity index (χ3n) is 4.42. The molecule has 0 aliphatic carbocycles. The van der Waals surface area contributed by atoms with Gasteiger partial charge in [0, 0.05) is 25.5 Å². The number of carboxylic acids is 1. The van der Waals surface area contributed by atoms with Gasteiger partial charge >= 0.3 is 5.97 Å². The van der Waals surface area contributed by atoms with Crippen molar-refractivity contribution in [3.63, 3.8) is 0 Å². The Bertz CT molecular complexity index is 916. The molecular formula is C16H19N7O2. The van der Waals surface area contributed by atoms with Gasteiger partial charge in [0.2, 0.25) is 5.95 Å². The maximum atomic E-state index is 11.5. The smallest absolute Gasteiger partial charge is 0.326 e. The van der Waals surface area contributed by atoms with Crippen molar-refractivity contribution >= 4 is 29.1 Å². The number of hydrogen-bond donors (Lipinski definition) is 2. The Morgan fingerprint density at radius 2 is 2.36 bits per heavy atom. The molecule has 0 bridgehead atoms. The standard InChI is InChI=1S/C16H19N7O2/c1-2-21-9-13(17-10-21)18-14-11-5-4-8-23(11)20-16(19-14)22-7-3-6-12(22)15(24)25/h4-5,8-10,12H,2-3,6-7H2,1H3,(H,24,25)(H,18,19,20). The minimum atomic E-state index is -0.843. The van der Waals surface area contributed by atoms with Gasteiger partial charge in [0.25, 0.3) is 0 Å².